The number of hydrogen-bond acceptors (Lipinski definition) is 8. The summed E-state index contributed by atoms with van der Waals surface area (Å²) < 4.78 is 6.84. The Hall–Kier alpha value is -15.5. The highest BCUT2D eigenvalue weighted by atomic mass is 15.1. The fourth-order valence-electron chi connectivity index (χ4n) is 18.8. The van der Waals surface area contributed by atoms with Crippen molar-refractivity contribution in [1.29, 1.82) is 0 Å². The van der Waals surface area contributed by atoms with Crippen molar-refractivity contribution >= 4 is 185 Å². The van der Waals surface area contributed by atoms with E-state index in [9.17, 15) is 0 Å². The van der Waals surface area contributed by atoms with E-state index in [1.807, 2.05) is 24.8 Å². The molecule has 0 aliphatic heterocycles. The van der Waals surface area contributed by atoms with Crippen molar-refractivity contribution < 1.29 is 0 Å². The molecule has 0 spiro atoms. The van der Waals surface area contributed by atoms with Crippen LogP contribution in [-0.4, -0.2) is 53.6 Å². The van der Waals surface area contributed by atoms with Gasteiger partial charge in [-0.1, -0.05) is 261 Å². The third kappa shape index (κ3) is 8.89. The summed E-state index contributed by atoms with van der Waals surface area (Å²) in [7, 11) is 0. The highest BCUT2D eigenvalue weighted by Crippen LogP contribution is 2.48. The summed E-state index contributed by atoms with van der Waals surface area (Å²) in [6.45, 7) is 0. The first-order valence-corrected chi connectivity index (χ1v) is 38.2. The molecule has 7 aromatic heterocycles. The molecule has 11 heteroatoms. The standard InChI is InChI=1S/C102H57N11/c1-2-28-67-65(26-1)66-27-3-4-29-68(66)81-52-59(46-48-69(67)81)58-22-19-23-61(50-58)82-54-103-97-93-77-36-6-5-35-76(77)92-64(39-21-40-80(92)94(93)98-102(101(97)107-82)108-83(55-104-98)62-24-20-25-63(51-62)111-84-41-14-9-30-70(84)71-31-10-15-42-85(71)111)60-47-49-75-74-34-13-18-45-88(74)113(89(75)53-60)91-57-106-100-96(110-91)79-38-8-7-37-78(79)95-99(100)105-56-90(109-95)112-86-43-16-11-32-72(86)73-33-12-17-44-87(73)112/h1-57H. The number of hydrogen-bond donors (Lipinski definition) is 0. The summed E-state index contributed by atoms with van der Waals surface area (Å²) in [6, 6.07) is 115. The van der Waals surface area contributed by atoms with Crippen molar-refractivity contribution in [2.24, 2.45) is 0 Å². The molecule has 0 unspecified atom stereocenters. The Bertz CT molecular complexity index is 8380. The monoisotopic (exact) mass is 1440 g/mol. The molecule has 0 amide bonds. The molecule has 25 rings (SSSR count). The quantitative estimate of drug-likeness (QED) is 0.145. The van der Waals surface area contributed by atoms with E-state index in [0.717, 1.165) is 176 Å². The van der Waals surface area contributed by atoms with Gasteiger partial charge in [0.15, 0.2) is 11.6 Å². The van der Waals surface area contributed by atoms with Gasteiger partial charge in [0.25, 0.3) is 0 Å². The highest BCUT2D eigenvalue weighted by molar-refractivity contribution is 6.39. The van der Waals surface area contributed by atoms with Gasteiger partial charge in [-0.05, 0) is 137 Å². The minimum Gasteiger partial charge on any atom is -0.309 e. The fourth-order valence-corrected chi connectivity index (χ4v) is 18.8. The topological polar surface area (TPSA) is 118 Å². The second-order valence-electron chi connectivity index (χ2n) is 29.6. The molecule has 0 bridgehead atoms. The Morgan fingerprint density at radius 1 is 0.177 bits per heavy atom. The molecule has 0 radical (unpaired) electrons. The molecule has 0 N–H and O–H groups in total. The molecule has 11 nitrogen and oxygen atoms in total. The summed E-state index contributed by atoms with van der Waals surface area (Å²) in [5, 5.41) is 22.4. The largest absolute Gasteiger partial charge is 0.309 e. The lowest BCUT2D eigenvalue weighted by atomic mass is 9.88. The molecule has 0 atom stereocenters. The number of nitrogens with zero attached hydrogens (tertiary/aromatic N) is 11. The molecular formula is C102H57N11. The molecular weight excluding hydrogens is 1380 g/mol. The van der Waals surface area contributed by atoms with Gasteiger partial charge >= 0.3 is 0 Å². The van der Waals surface area contributed by atoms with Crippen LogP contribution in [-0.2, 0) is 0 Å². The van der Waals surface area contributed by atoms with Crippen LogP contribution in [0.1, 0.15) is 0 Å². The van der Waals surface area contributed by atoms with Crippen LogP contribution >= 0.6 is 0 Å². The maximum atomic E-state index is 5.79. The van der Waals surface area contributed by atoms with Gasteiger partial charge in [0, 0.05) is 70.7 Å². The van der Waals surface area contributed by atoms with E-state index in [0.29, 0.717) is 27.9 Å². The Kier molecular flexibility index (Phi) is 12.8. The molecule has 0 fully saturated rings. The molecule has 18 aromatic carbocycles. The van der Waals surface area contributed by atoms with Gasteiger partial charge in [-0.2, -0.15) is 0 Å². The zero-order valence-corrected chi connectivity index (χ0v) is 60.3. The SMILES string of the molecule is c1cc(-c2ccc3c4ccccc4c4ccccc4c3c2)cc(-c2cnc3c(n2)c2nc(-c4cccc(-n5c6ccccc6c6ccccc65)c4)cnc2c2c4cccc(-c5ccc6c7ccccc7n(-c7cnc8c(n7)c7ccccc7c7nc(-n9c%10ccccc%10c%10ccccc%109)cnc78)c6c5)c4c4ccccc4c32)c1. The number of aromatic nitrogens is 11. The zero-order valence-electron chi connectivity index (χ0n) is 60.3. The summed E-state index contributed by atoms with van der Waals surface area (Å²) in [5.41, 5.74) is 20.8. The predicted octanol–water partition coefficient (Wildman–Crippen LogP) is 25.5. The summed E-state index contributed by atoms with van der Waals surface area (Å²) >= 11 is 0. The van der Waals surface area contributed by atoms with E-state index < -0.39 is 0 Å². The fraction of sp³-hybridized carbons (Fsp3) is 0. The Morgan fingerprint density at radius 2 is 0.540 bits per heavy atom. The van der Waals surface area contributed by atoms with E-state index in [4.69, 9.17) is 39.9 Å². The van der Waals surface area contributed by atoms with Crippen molar-refractivity contribution in [3.63, 3.8) is 0 Å². The number of rotatable bonds is 7. The molecule has 0 aliphatic carbocycles. The average Bonchev–Trinajstić information content (AvgIpc) is 1.63. The van der Waals surface area contributed by atoms with Crippen molar-refractivity contribution in [2.75, 3.05) is 0 Å². The zero-order chi connectivity index (χ0) is 73.7. The molecule has 0 saturated heterocycles. The van der Waals surface area contributed by atoms with Crippen LogP contribution in [0.2, 0.25) is 0 Å². The lowest BCUT2D eigenvalue weighted by Crippen LogP contribution is -2.03. The third-order valence-corrected chi connectivity index (χ3v) is 23.7. The van der Waals surface area contributed by atoms with Gasteiger partial charge in [-0.25, -0.2) is 29.9 Å². The third-order valence-electron chi connectivity index (χ3n) is 23.7. The number of benzene rings is 18. The van der Waals surface area contributed by atoms with Crippen molar-refractivity contribution in [3.8, 4) is 62.1 Å². The van der Waals surface area contributed by atoms with Crippen LogP contribution in [0.5, 0.6) is 0 Å². The van der Waals surface area contributed by atoms with E-state index in [1.165, 1.54) is 43.1 Å². The van der Waals surface area contributed by atoms with Crippen LogP contribution in [0.4, 0.5) is 0 Å². The first-order chi connectivity index (χ1) is 56.1. The molecule has 0 saturated carbocycles. The summed E-state index contributed by atoms with van der Waals surface area (Å²) in [4.78, 5) is 44.5. The Morgan fingerprint density at radius 3 is 1.08 bits per heavy atom. The second-order valence-corrected chi connectivity index (χ2v) is 29.6. The van der Waals surface area contributed by atoms with Gasteiger partial charge in [-0.15, -0.1) is 0 Å². The minimum absolute atomic E-state index is 0.660. The number of para-hydroxylation sites is 5. The molecule has 0 aliphatic rings. The Balaban J connectivity index is 0.681. The van der Waals surface area contributed by atoms with Crippen LogP contribution < -0.4 is 0 Å². The van der Waals surface area contributed by atoms with E-state index >= 15 is 0 Å². The molecule has 113 heavy (non-hydrogen) atoms. The van der Waals surface area contributed by atoms with Gasteiger partial charge in [0.2, 0.25) is 0 Å². The van der Waals surface area contributed by atoms with Crippen LogP contribution in [0, 0.1) is 0 Å². The highest BCUT2D eigenvalue weighted by Gasteiger charge is 2.26. The summed E-state index contributed by atoms with van der Waals surface area (Å²) in [6.07, 6.45) is 7.67. The summed E-state index contributed by atoms with van der Waals surface area (Å²) in [5.74, 6) is 1.42. The predicted molar refractivity (Wildman–Crippen MR) is 466 cm³/mol. The normalized spacial score (nSPS) is 12.2. The van der Waals surface area contributed by atoms with E-state index in [-0.39, 0.29) is 0 Å². The van der Waals surface area contributed by atoms with E-state index in [1.54, 1.807) is 0 Å². The maximum Gasteiger partial charge on any atom is 0.156 e. The average molecular weight is 1440 g/mol. The van der Waals surface area contributed by atoms with Crippen molar-refractivity contribution in [1.82, 2.24) is 53.6 Å². The molecule has 7 heterocycles. The minimum atomic E-state index is 0.660. The maximum absolute atomic E-state index is 5.79. The van der Waals surface area contributed by atoms with Gasteiger partial charge in [-0.3, -0.25) is 19.1 Å². The molecule has 520 valence electrons. The smallest absolute Gasteiger partial charge is 0.156 e. The van der Waals surface area contributed by atoms with Gasteiger partial charge < -0.3 is 4.57 Å². The van der Waals surface area contributed by atoms with Gasteiger partial charge in [0.1, 0.15) is 33.1 Å². The lowest BCUT2D eigenvalue weighted by molar-refractivity contribution is 1.07. The van der Waals surface area contributed by atoms with Crippen molar-refractivity contribution in [2.45, 2.75) is 0 Å². The lowest BCUT2D eigenvalue weighted by Gasteiger charge is -2.18. The van der Waals surface area contributed by atoms with Crippen LogP contribution in [0.15, 0.2) is 346 Å². The molecule has 25 aromatic rings. The van der Waals surface area contributed by atoms with E-state index in [2.05, 4.69) is 335 Å². The first-order valence-electron chi connectivity index (χ1n) is 38.2. The van der Waals surface area contributed by atoms with Crippen molar-refractivity contribution in [3.05, 3.63) is 346 Å². The Labute approximate surface area is 642 Å². The first kappa shape index (κ1) is 61.5. The van der Waals surface area contributed by atoms with Crippen LogP contribution in [0.3, 0.4) is 0 Å². The second kappa shape index (κ2) is 23.5. The van der Waals surface area contributed by atoms with Crippen LogP contribution in [0.25, 0.3) is 247 Å². The number of fused-ring (bicyclic) bond motifs is 32. The van der Waals surface area contributed by atoms with Gasteiger partial charge in [0.05, 0.1) is 80.3 Å².